The van der Waals surface area contributed by atoms with Crippen LogP contribution < -0.4 is 20.1 Å². The molecule has 0 amide bonds. The number of nitrogens with one attached hydrogen (secondary N) is 2. The molecule has 2 aliphatic heterocycles. The van der Waals surface area contributed by atoms with Gasteiger partial charge in [0.2, 0.25) is 6.79 Å². The molecule has 0 spiro atoms. The predicted octanol–water partition coefficient (Wildman–Crippen LogP) is 4.11. The smallest absolute Gasteiger partial charge is 0.231 e. The fraction of sp³-hybridized carbons (Fsp3) is 0.500. The van der Waals surface area contributed by atoms with Crippen LogP contribution in [0.15, 0.2) is 40.7 Å². The van der Waals surface area contributed by atoms with E-state index >= 15 is 0 Å². The summed E-state index contributed by atoms with van der Waals surface area (Å²) in [5.41, 5.74) is 1.25. The van der Waals surface area contributed by atoms with Gasteiger partial charge in [-0.25, -0.2) is 0 Å². The van der Waals surface area contributed by atoms with E-state index in [0.717, 1.165) is 56.6 Å². The summed E-state index contributed by atoms with van der Waals surface area (Å²) in [6.07, 6.45) is 1.92. The molecule has 2 aromatic rings. The van der Waals surface area contributed by atoms with Crippen LogP contribution in [0.2, 0.25) is 0 Å². The Morgan fingerprint density at radius 2 is 1.97 bits per heavy atom. The normalized spacial score (nSPS) is 18.4. The van der Waals surface area contributed by atoms with Crippen LogP contribution in [0.4, 0.5) is 0 Å². The van der Waals surface area contributed by atoms with E-state index in [4.69, 9.17) is 14.2 Å². The highest BCUT2D eigenvalue weighted by Crippen LogP contribution is 2.40. The lowest BCUT2D eigenvalue weighted by molar-refractivity contribution is 0.0513. The standard InChI is InChI=1S/C22H29N3O3S.HI/c1-16(20-4-3-11-29-20)13-24-21(23-2)25-14-22(7-9-26-10-8-22)17-5-6-18-19(12-17)28-15-27-18;/h3-6,11-12,16H,7-10,13-15H2,1-2H3,(H2,23,24,25);1H. The molecule has 0 saturated carbocycles. The zero-order chi connectivity index (χ0) is 20.1. The summed E-state index contributed by atoms with van der Waals surface area (Å²) in [7, 11) is 1.82. The third kappa shape index (κ3) is 5.20. The van der Waals surface area contributed by atoms with E-state index in [1.54, 1.807) is 11.3 Å². The molecule has 2 N–H and O–H groups in total. The van der Waals surface area contributed by atoms with Crippen LogP contribution in [-0.4, -0.2) is 46.1 Å². The lowest BCUT2D eigenvalue weighted by Crippen LogP contribution is -2.48. The number of aliphatic imine (C=N–C) groups is 1. The average Bonchev–Trinajstić information content (AvgIpc) is 3.46. The van der Waals surface area contributed by atoms with Gasteiger partial charge in [-0.3, -0.25) is 4.99 Å². The average molecular weight is 543 g/mol. The summed E-state index contributed by atoms with van der Waals surface area (Å²) >= 11 is 1.80. The van der Waals surface area contributed by atoms with Crippen molar-refractivity contribution in [1.29, 1.82) is 0 Å². The van der Waals surface area contributed by atoms with Crippen LogP contribution in [0.5, 0.6) is 11.5 Å². The van der Waals surface area contributed by atoms with E-state index in [1.807, 2.05) is 13.1 Å². The van der Waals surface area contributed by atoms with E-state index in [0.29, 0.717) is 12.7 Å². The lowest BCUT2D eigenvalue weighted by atomic mass is 9.74. The minimum atomic E-state index is -0.0176. The molecular weight excluding hydrogens is 513 g/mol. The fourth-order valence-corrected chi connectivity index (χ4v) is 4.74. The number of thiophene rings is 1. The van der Waals surface area contributed by atoms with Crippen LogP contribution in [0.3, 0.4) is 0 Å². The lowest BCUT2D eigenvalue weighted by Gasteiger charge is -2.38. The number of benzene rings is 1. The molecule has 1 aromatic heterocycles. The second kappa shape index (κ2) is 10.7. The molecule has 8 heteroatoms. The van der Waals surface area contributed by atoms with Crippen molar-refractivity contribution in [3.05, 3.63) is 46.2 Å². The molecule has 0 aliphatic carbocycles. The SMILES string of the molecule is CN=C(NCC(C)c1cccs1)NCC1(c2ccc3c(c2)OCO3)CCOCC1.I. The number of fused-ring (bicyclic) bond motifs is 1. The molecule has 2 aliphatic rings. The monoisotopic (exact) mass is 543 g/mol. The predicted molar refractivity (Wildman–Crippen MR) is 132 cm³/mol. The minimum Gasteiger partial charge on any atom is -0.454 e. The Morgan fingerprint density at radius 1 is 1.17 bits per heavy atom. The number of rotatable bonds is 6. The summed E-state index contributed by atoms with van der Waals surface area (Å²) in [5, 5.41) is 9.16. The van der Waals surface area contributed by atoms with E-state index in [9.17, 15) is 0 Å². The number of hydrogen-bond acceptors (Lipinski definition) is 5. The molecule has 0 radical (unpaired) electrons. The van der Waals surface area contributed by atoms with Gasteiger partial charge in [-0.2, -0.15) is 0 Å². The summed E-state index contributed by atoms with van der Waals surface area (Å²) in [6, 6.07) is 10.6. The maximum atomic E-state index is 5.66. The first-order valence-electron chi connectivity index (χ1n) is 10.2. The second-order valence-electron chi connectivity index (χ2n) is 7.68. The van der Waals surface area contributed by atoms with Gasteiger partial charge >= 0.3 is 0 Å². The maximum absolute atomic E-state index is 5.66. The summed E-state index contributed by atoms with van der Waals surface area (Å²) in [5.74, 6) is 2.93. The van der Waals surface area contributed by atoms with Gasteiger partial charge in [-0.15, -0.1) is 35.3 Å². The van der Waals surface area contributed by atoms with Gasteiger partial charge in [0.05, 0.1) is 0 Å². The highest BCUT2D eigenvalue weighted by molar-refractivity contribution is 14.0. The molecule has 1 unspecified atom stereocenters. The van der Waals surface area contributed by atoms with E-state index in [1.165, 1.54) is 10.4 Å². The van der Waals surface area contributed by atoms with Crippen molar-refractivity contribution in [3.8, 4) is 11.5 Å². The third-order valence-electron chi connectivity index (χ3n) is 5.86. The van der Waals surface area contributed by atoms with E-state index < -0.39 is 0 Å². The molecule has 3 heterocycles. The van der Waals surface area contributed by atoms with E-state index in [-0.39, 0.29) is 29.4 Å². The van der Waals surface area contributed by atoms with Gasteiger partial charge in [0.1, 0.15) is 0 Å². The first-order chi connectivity index (χ1) is 14.2. The molecule has 4 rings (SSSR count). The molecule has 1 aromatic carbocycles. The van der Waals surface area contributed by atoms with Crippen molar-refractivity contribution in [2.45, 2.75) is 31.1 Å². The van der Waals surface area contributed by atoms with Gasteiger partial charge in [0, 0.05) is 49.6 Å². The fourth-order valence-electron chi connectivity index (χ4n) is 3.95. The molecule has 30 heavy (non-hydrogen) atoms. The van der Waals surface area contributed by atoms with Crippen LogP contribution >= 0.6 is 35.3 Å². The quantitative estimate of drug-likeness (QED) is 0.326. The van der Waals surface area contributed by atoms with Gasteiger partial charge < -0.3 is 24.8 Å². The molecule has 0 bridgehead atoms. The van der Waals surface area contributed by atoms with E-state index in [2.05, 4.69) is 52.2 Å². The highest BCUT2D eigenvalue weighted by Gasteiger charge is 2.35. The molecule has 1 atom stereocenters. The van der Waals surface area contributed by atoms with Gasteiger partial charge in [0.15, 0.2) is 17.5 Å². The Morgan fingerprint density at radius 3 is 2.70 bits per heavy atom. The van der Waals surface area contributed by atoms with Crippen LogP contribution in [0, 0.1) is 0 Å². The van der Waals surface area contributed by atoms with Crippen LogP contribution in [0.25, 0.3) is 0 Å². The molecule has 164 valence electrons. The second-order valence-corrected chi connectivity index (χ2v) is 8.66. The van der Waals surface area contributed by atoms with Gasteiger partial charge in [-0.1, -0.05) is 19.1 Å². The molecule has 1 saturated heterocycles. The van der Waals surface area contributed by atoms with Crippen molar-refractivity contribution in [3.63, 3.8) is 0 Å². The number of halogens is 1. The first kappa shape index (κ1) is 23.1. The largest absolute Gasteiger partial charge is 0.454 e. The molecular formula is C22H30IN3O3S. The van der Waals surface area contributed by atoms with Crippen molar-refractivity contribution in [1.82, 2.24) is 10.6 Å². The van der Waals surface area contributed by atoms with Crippen molar-refractivity contribution >= 4 is 41.3 Å². The number of ether oxygens (including phenoxy) is 3. The Kier molecular flexibility index (Phi) is 8.24. The van der Waals surface area contributed by atoms with Crippen molar-refractivity contribution in [2.24, 2.45) is 4.99 Å². The summed E-state index contributed by atoms with van der Waals surface area (Å²) < 4.78 is 16.8. The van der Waals surface area contributed by atoms with Crippen LogP contribution in [-0.2, 0) is 10.2 Å². The number of guanidine groups is 1. The zero-order valence-corrected chi connectivity index (χ0v) is 20.6. The molecule has 6 nitrogen and oxygen atoms in total. The number of nitrogens with zero attached hydrogens (tertiary/aromatic N) is 1. The van der Waals surface area contributed by atoms with Crippen molar-refractivity contribution in [2.75, 3.05) is 40.1 Å². The zero-order valence-electron chi connectivity index (χ0n) is 17.5. The third-order valence-corrected chi connectivity index (χ3v) is 6.96. The Bertz CT molecular complexity index is 838. The summed E-state index contributed by atoms with van der Waals surface area (Å²) in [4.78, 5) is 5.81. The number of hydrogen-bond donors (Lipinski definition) is 2. The Balaban J connectivity index is 0.00000256. The maximum Gasteiger partial charge on any atom is 0.231 e. The Labute approximate surface area is 199 Å². The van der Waals surface area contributed by atoms with Gasteiger partial charge in [-0.05, 0) is 42.0 Å². The summed E-state index contributed by atoms with van der Waals surface area (Å²) in [6.45, 7) is 5.70. The highest BCUT2D eigenvalue weighted by atomic mass is 127. The van der Waals surface area contributed by atoms with Crippen LogP contribution in [0.1, 0.15) is 36.1 Å². The topological polar surface area (TPSA) is 64.1 Å². The Hall–Kier alpha value is -1.52. The van der Waals surface area contributed by atoms with Crippen molar-refractivity contribution < 1.29 is 14.2 Å². The minimum absolute atomic E-state index is 0. The van der Waals surface area contributed by atoms with Gasteiger partial charge in [0.25, 0.3) is 0 Å². The first-order valence-corrected chi connectivity index (χ1v) is 11.0. The molecule has 1 fully saturated rings.